The summed E-state index contributed by atoms with van der Waals surface area (Å²) in [6.07, 6.45) is 0. The van der Waals surface area contributed by atoms with E-state index >= 15 is 0 Å². The summed E-state index contributed by atoms with van der Waals surface area (Å²) in [4.78, 5) is 12.0. The zero-order valence-electron chi connectivity index (χ0n) is 11.9. The van der Waals surface area contributed by atoms with Crippen LogP contribution in [0.4, 0.5) is 5.69 Å². The second-order valence-electron chi connectivity index (χ2n) is 4.63. The summed E-state index contributed by atoms with van der Waals surface area (Å²) in [6.45, 7) is 6.26. The number of hydrogen-bond donors (Lipinski definition) is 2. The van der Waals surface area contributed by atoms with Gasteiger partial charge in [0, 0.05) is 24.9 Å². The summed E-state index contributed by atoms with van der Waals surface area (Å²) in [5, 5.41) is 2.80. The fourth-order valence-electron chi connectivity index (χ4n) is 1.49. The number of nitrogens with two attached hydrogens (primary N) is 1. The van der Waals surface area contributed by atoms with E-state index < -0.39 is 5.60 Å². The lowest BCUT2D eigenvalue weighted by molar-refractivity contribution is -0.133. The van der Waals surface area contributed by atoms with Gasteiger partial charge in [-0.05, 0) is 39.0 Å². The number of ether oxygens (including phenoxy) is 2. The maximum absolute atomic E-state index is 12.0. The molecule has 0 unspecified atom stereocenters. The molecule has 0 aliphatic rings. The molecular formula is C14H22N2O3. The molecule has 19 heavy (non-hydrogen) atoms. The maximum atomic E-state index is 12.0. The number of nitrogens with one attached hydrogen (secondary N) is 1. The van der Waals surface area contributed by atoms with Gasteiger partial charge in [0.2, 0.25) is 0 Å². The van der Waals surface area contributed by atoms with E-state index in [1.807, 2.05) is 13.0 Å². The lowest BCUT2D eigenvalue weighted by Gasteiger charge is -2.22. The number of rotatable bonds is 6. The third kappa shape index (κ3) is 3.94. The van der Waals surface area contributed by atoms with Gasteiger partial charge >= 0.3 is 0 Å². The summed E-state index contributed by atoms with van der Waals surface area (Å²) in [5.74, 6) is 0.538. The molecule has 5 heteroatoms. The molecule has 0 aliphatic heterocycles. The minimum Gasteiger partial charge on any atom is -0.494 e. The third-order valence-corrected chi connectivity index (χ3v) is 2.90. The first-order chi connectivity index (χ1) is 8.94. The lowest BCUT2D eigenvalue weighted by atomic mass is 10.1. The molecule has 0 aliphatic carbocycles. The van der Waals surface area contributed by atoms with Crippen molar-refractivity contribution in [3.05, 3.63) is 23.8 Å². The molecule has 0 saturated carbocycles. The smallest absolute Gasteiger partial charge is 0.256 e. The number of anilines is 1. The van der Waals surface area contributed by atoms with Crippen LogP contribution in [-0.4, -0.2) is 25.2 Å². The van der Waals surface area contributed by atoms with Crippen LogP contribution >= 0.6 is 0 Å². The number of carbonyl (C=O) groups excluding carboxylic acids is 1. The van der Waals surface area contributed by atoms with Crippen LogP contribution in [0.5, 0.6) is 5.75 Å². The largest absolute Gasteiger partial charge is 0.494 e. The quantitative estimate of drug-likeness (QED) is 0.825. The van der Waals surface area contributed by atoms with Crippen molar-refractivity contribution in [2.24, 2.45) is 5.73 Å². The zero-order valence-corrected chi connectivity index (χ0v) is 11.9. The Kier molecular flexibility index (Phi) is 5.32. The Morgan fingerprint density at radius 3 is 2.63 bits per heavy atom. The van der Waals surface area contributed by atoms with Crippen LogP contribution < -0.4 is 15.8 Å². The SMILES string of the molecule is CCOc1ccc(NC(=O)C(C)(C)OC)cc1CN. The highest BCUT2D eigenvalue weighted by Crippen LogP contribution is 2.23. The van der Waals surface area contributed by atoms with Crippen molar-refractivity contribution < 1.29 is 14.3 Å². The van der Waals surface area contributed by atoms with E-state index in [1.54, 1.807) is 26.0 Å². The predicted octanol–water partition coefficient (Wildman–Crippen LogP) is 1.91. The highest BCUT2D eigenvalue weighted by atomic mass is 16.5. The van der Waals surface area contributed by atoms with Crippen LogP contribution in [0.25, 0.3) is 0 Å². The van der Waals surface area contributed by atoms with Crippen LogP contribution in [0.3, 0.4) is 0 Å². The van der Waals surface area contributed by atoms with E-state index in [2.05, 4.69) is 5.32 Å². The summed E-state index contributed by atoms with van der Waals surface area (Å²) >= 11 is 0. The molecule has 0 radical (unpaired) electrons. The molecule has 3 N–H and O–H groups in total. The van der Waals surface area contributed by atoms with Crippen LogP contribution in [0.2, 0.25) is 0 Å². The molecule has 0 bridgehead atoms. The summed E-state index contributed by atoms with van der Waals surface area (Å²) < 4.78 is 10.6. The molecule has 1 aromatic rings. The Morgan fingerprint density at radius 2 is 2.11 bits per heavy atom. The summed E-state index contributed by atoms with van der Waals surface area (Å²) in [5.41, 5.74) is 6.34. The number of benzene rings is 1. The monoisotopic (exact) mass is 266 g/mol. The van der Waals surface area contributed by atoms with Gasteiger partial charge in [-0.3, -0.25) is 4.79 Å². The standard InChI is InChI=1S/C14H22N2O3/c1-5-19-12-7-6-11(8-10(12)9-15)16-13(17)14(2,3)18-4/h6-8H,5,9,15H2,1-4H3,(H,16,17). The van der Waals surface area contributed by atoms with E-state index in [4.69, 9.17) is 15.2 Å². The van der Waals surface area contributed by atoms with Gasteiger partial charge in [0.15, 0.2) is 0 Å². The van der Waals surface area contributed by atoms with Crippen molar-refractivity contribution in [1.82, 2.24) is 0 Å². The highest BCUT2D eigenvalue weighted by molar-refractivity contribution is 5.96. The first kappa shape index (κ1) is 15.5. The molecule has 1 amide bonds. The van der Waals surface area contributed by atoms with Crippen molar-refractivity contribution in [2.45, 2.75) is 32.9 Å². The molecule has 0 heterocycles. The first-order valence-corrected chi connectivity index (χ1v) is 6.27. The minimum absolute atomic E-state index is 0.206. The van der Waals surface area contributed by atoms with E-state index in [0.29, 0.717) is 18.8 Å². The Bertz CT molecular complexity index is 444. The molecule has 1 rings (SSSR count). The molecule has 0 aromatic heterocycles. The normalized spacial score (nSPS) is 11.2. The van der Waals surface area contributed by atoms with E-state index in [9.17, 15) is 4.79 Å². The fourth-order valence-corrected chi connectivity index (χ4v) is 1.49. The van der Waals surface area contributed by atoms with Crippen molar-refractivity contribution in [3.8, 4) is 5.75 Å². The van der Waals surface area contributed by atoms with Gasteiger partial charge in [0.25, 0.3) is 5.91 Å². The Balaban J connectivity index is 2.89. The number of amides is 1. The van der Waals surface area contributed by atoms with Gasteiger partial charge in [-0.2, -0.15) is 0 Å². The third-order valence-electron chi connectivity index (χ3n) is 2.90. The Labute approximate surface area is 114 Å². The number of methoxy groups -OCH3 is 1. The second kappa shape index (κ2) is 6.54. The fraction of sp³-hybridized carbons (Fsp3) is 0.500. The Morgan fingerprint density at radius 1 is 1.42 bits per heavy atom. The molecule has 0 saturated heterocycles. The molecule has 1 aromatic carbocycles. The Hall–Kier alpha value is -1.59. The van der Waals surface area contributed by atoms with Gasteiger partial charge in [0.05, 0.1) is 6.61 Å². The van der Waals surface area contributed by atoms with Crippen LogP contribution in [-0.2, 0) is 16.1 Å². The van der Waals surface area contributed by atoms with E-state index in [0.717, 1.165) is 11.3 Å². The maximum Gasteiger partial charge on any atom is 0.256 e. The number of hydrogen-bond acceptors (Lipinski definition) is 4. The van der Waals surface area contributed by atoms with Gasteiger partial charge < -0.3 is 20.5 Å². The van der Waals surface area contributed by atoms with Gasteiger partial charge in [-0.25, -0.2) is 0 Å². The number of carbonyl (C=O) groups is 1. The average Bonchev–Trinajstić information content (AvgIpc) is 2.40. The van der Waals surface area contributed by atoms with Gasteiger partial charge in [0.1, 0.15) is 11.4 Å². The molecule has 5 nitrogen and oxygen atoms in total. The summed E-state index contributed by atoms with van der Waals surface area (Å²) in [6, 6.07) is 5.41. The van der Waals surface area contributed by atoms with E-state index in [1.165, 1.54) is 7.11 Å². The molecule has 0 spiro atoms. The zero-order chi connectivity index (χ0) is 14.5. The van der Waals surface area contributed by atoms with Crippen molar-refractivity contribution in [2.75, 3.05) is 19.0 Å². The topological polar surface area (TPSA) is 73.6 Å². The van der Waals surface area contributed by atoms with E-state index in [-0.39, 0.29) is 5.91 Å². The summed E-state index contributed by atoms with van der Waals surface area (Å²) in [7, 11) is 1.50. The van der Waals surface area contributed by atoms with Crippen LogP contribution in [0, 0.1) is 0 Å². The predicted molar refractivity (Wildman–Crippen MR) is 75.2 cm³/mol. The van der Waals surface area contributed by atoms with Crippen molar-refractivity contribution >= 4 is 11.6 Å². The second-order valence-corrected chi connectivity index (χ2v) is 4.63. The molecule has 0 atom stereocenters. The highest BCUT2D eigenvalue weighted by Gasteiger charge is 2.27. The van der Waals surface area contributed by atoms with Crippen molar-refractivity contribution in [1.29, 1.82) is 0 Å². The van der Waals surface area contributed by atoms with Crippen molar-refractivity contribution in [3.63, 3.8) is 0 Å². The van der Waals surface area contributed by atoms with Crippen LogP contribution in [0.1, 0.15) is 26.3 Å². The molecule has 0 fully saturated rings. The lowest BCUT2D eigenvalue weighted by Crippen LogP contribution is -2.38. The molecule has 106 valence electrons. The minimum atomic E-state index is -0.874. The van der Waals surface area contributed by atoms with Crippen LogP contribution in [0.15, 0.2) is 18.2 Å². The molecular weight excluding hydrogens is 244 g/mol. The average molecular weight is 266 g/mol. The first-order valence-electron chi connectivity index (χ1n) is 6.27. The van der Waals surface area contributed by atoms with Gasteiger partial charge in [-0.15, -0.1) is 0 Å². The van der Waals surface area contributed by atoms with Gasteiger partial charge in [-0.1, -0.05) is 0 Å².